The highest BCUT2D eigenvalue weighted by molar-refractivity contribution is 5.40. The van der Waals surface area contributed by atoms with Gasteiger partial charge in [-0.3, -0.25) is 15.1 Å². The van der Waals surface area contributed by atoms with Crippen molar-refractivity contribution in [2.24, 2.45) is 0 Å². The minimum atomic E-state index is -0.393. The highest BCUT2D eigenvalue weighted by Gasteiger charge is 2.13. The van der Waals surface area contributed by atoms with E-state index in [9.17, 15) is 10.1 Å². The van der Waals surface area contributed by atoms with E-state index in [-0.39, 0.29) is 5.69 Å². The SMILES string of the molecule is CNCc1nccc([N+](=O)[O-])c1C. The molecule has 13 heavy (non-hydrogen) atoms. The third-order valence-corrected chi connectivity index (χ3v) is 1.82. The first-order valence-electron chi connectivity index (χ1n) is 3.90. The second kappa shape index (κ2) is 3.95. The third-order valence-electron chi connectivity index (χ3n) is 1.82. The summed E-state index contributed by atoms with van der Waals surface area (Å²) < 4.78 is 0. The van der Waals surface area contributed by atoms with Gasteiger partial charge in [-0.15, -0.1) is 0 Å². The predicted molar refractivity (Wildman–Crippen MR) is 48.4 cm³/mol. The largest absolute Gasteiger partial charge is 0.314 e. The zero-order valence-corrected chi connectivity index (χ0v) is 7.57. The molecule has 0 atom stereocenters. The van der Waals surface area contributed by atoms with Crippen LogP contribution in [0, 0.1) is 17.0 Å². The summed E-state index contributed by atoms with van der Waals surface area (Å²) in [6, 6.07) is 1.41. The topological polar surface area (TPSA) is 68.1 Å². The van der Waals surface area contributed by atoms with E-state index in [4.69, 9.17) is 0 Å². The fourth-order valence-electron chi connectivity index (χ4n) is 1.11. The number of aromatic nitrogens is 1. The van der Waals surface area contributed by atoms with Crippen LogP contribution in [0.3, 0.4) is 0 Å². The van der Waals surface area contributed by atoms with Crippen molar-refractivity contribution >= 4 is 5.69 Å². The molecule has 0 radical (unpaired) electrons. The summed E-state index contributed by atoms with van der Waals surface area (Å²) in [4.78, 5) is 14.2. The van der Waals surface area contributed by atoms with Gasteiger partial charge in [-0.2, -0.15) is 0 Å². The maximum absolute atomic E-state index is 10.5. The van der Waals surface area contributed by atoms with Gasteiger partial charge in [0.25, 0.3) is 5.69 Å². The van der Waals surface area contributed by atoms with Crippen LogP contribution in [0.15, 0.2) is 12.3 Å². The Morgan fingerprint density at radius 2 is 2.38 bits per heavy atom. The molecule has 1 rings (SSSR count). The molecule has 0 amide bonds. The van der Waals surface area contributed by atoms with E-state index in [1.807, 2.05) is 0 Å². The normalized spacial score (nSPS) is 10.0. The molecule has 5 nitrogen and oxygen atoms in total. The highest BCUT2D eigenvalue weighted by atomic mass is 16.6. The first kappa shape index (κ1) is 9.60. The van der Waals surface area contributed by atoms with Gasteiger partial charge in [0.2, 0.25) is 0 Å². The Hall–Kier alpha value is -1.49. The maximum atomic E-state index is 10.5. The molecule has 0 aliphatic heterocycles. The number of nitro groups is 1. The van der Waals surface area contributed by atoms with Gasteiger partial charge in [0.1, 0.15) is 0 Å². The quantitative estimate of drug-likeness (QED) is 0.558. The summed E-state index contributed by atoms with van der Waals surface area (Å²) in [5.41, 5.74) is 1.47. The van der Waals surface area contributed by atoms with Crippen molar-refractivity contribution in [2.45, 2.75) is 13.5 Å². The first-order chi connectivity index (χ1) is 6.16. The molecule has 0 aliphatic carbocycles. The van der Waals surface area contributed by atoms with Gasteiger partial charge in [0.05, 0.1) is 10.6 Å². The molecule has 0 saturated carbocycles. The van der Waals surface area contributed by atoms with Gasteiger partial charge in [-0.25, -0.2) is 0 Å². The Morgan fingerprint density at radius 1 is 1.69 bits per heavy atom. The van der Waals surface area contributed by atoms with Gasteiger partial charge >= 0.3 is 0 Å². The summed E-state index contributed by atoms with van der Waals surface area (Å²) in [6.45, 7) is 2.26. The van der Waals surface area contributed by atoms with Crippen LogP contribution in [0.2, 0.25) is 0 Å². The van der Waals surface area contributed by atoms with Crippen molar-refractivity contribution in [1.82, 2.24) is 10.3 Å². The van der Waals surface area contributed by atoms with Crippen LogP contribution in [0.4, 0.5) is 5.69 Å². The van der Waals surface area contributed by atoms with Gasteiger partial charge in [-0.1, -0.05) is 0 Å². The Bertz CT molecular complexity index is 325. The van der Waals surface area contributed by atoms with E-state index < -0.39 is 4.92 Å². The van der Waals surface area contributed by atoms with Crippen LogP contribution in [0.1, 0.15) is 11.3 Å². The van der Waals surface area contributed by atoms with Crippen LogP contribution >= 0.6 is 0 Å². The molecular weight excluding hydrogens is 170 g/mol. The molecular formula is C8H11N3O2. The van der Waals surface area contributed by atoms with Gasteiger partial charge in [0, 0.05) is 24.4 Å². The van der Waals surface area contributed by atoms with E-state index >= 15 is 0 Å². The van der Waals surface area contributed by atoms with E-state index in [2.05, 4.69) is 10.3 Å². The molecule has 70 valence electrons. The molecule has 0 aromatic carbocycles. The van der Waals surface area contributed by atoms with Crippen molar-refractivity contribution in [1.29, 1.82) is 0 Å². The van der Waals surface area contributed by atoms with Crippen LogP contribution in [-0.2, 0) is 6.54 Å². The molecule has 0 aliphatic rings. The van der Waals surface area contributed by atoms with Gasteiger partial charge in [-0.05, 0) is 14.0 Å². The van der Waals surface area contributed by atoms with Crippen molar-refractivity contribution in [3.8, 4) is 0 Å². The Morgan fingerprint density at radius 3 is 2.92 bits per heavy atom. The summed E-state index contributed by atoms with van der Waals surface area (Å²) >= 11 is 0. The fraction of sp³-hybridized carbons (Fsp3) is 0.375. The monoisotopic (exact) mass is 181 g/mol. The lowest BCUT2D eigenvalue weighted by Gasteiger charge is -2.03. The summed E-state index contributed by atoms with van der Waals surface area (Å²) in [7, 11) is 1.78. The number of pyridine rings is 1. The van der Waals surface area contributed by atoms with Crippen LogP contribution in [0.25, 0.3) is 0 Å². The van der Waals surface area contributed by atoms with E-state index in [1.165, 1.54) is 12.3 Å². The Labute approximate surface area is 75.9 Å². The average Bonchev–Trinajstić information content (AvgIpc) is 2.08. The minimum Gasteiger partial charge on any atom is -0.314 e. The smallest absolute Gasteiger partial charge is 0.275 e. The van der Waals surface area contributed by atoms with Crippen LogP contribution in [0.5, 0.6) is 0 Å². The number of hydrogen-bond donors (Lipinski definition) is 1. The lowest BCUT2D eigenvalue weighted by molar-refractivity contribution is -0.385. The fourth-order valence-corrected chi connectivity index (χ4v) is 1.11. The number of rotatable bonds is 3. The summed E-state index contributed by atoms with van der Waals surface area (Å²) in [6.07, 6.45) is 1.46. The zero-order chi connectivity index (χ0) is 9.84. The second-order valence-electron chi connectivity index (χ2n) is 2.69. The van der Waals surface area contributed by atoms with Crippen LogP contribution < -0.4 is 5.32 Å². The molecule has 0 unspecified atom stereocenters. The lowest BCUT2D eigenvalue weighted by Crippen LogP contribution is -2.09. The number of nitrogens with zero attached hydrogens (tertiary/aromatic N) is 2. The molecule has 0 spiro atoms. The lowest BCUT2D eigenvalue weighted by atomic mass is 10.2. The van der Waals surface area contributed by atoms with E-state index in [0.29, 0.717) is 12.1 Å². The van der Waals surface area contributed by atoms with Crippen molar-refractivity contribution in [3.63, 3.8) is 0 Å². The molecule has 0 fully saturated rings. The Balaban J connectivity index is 3.10. The first-order valence-corrected chi connectivity index (χ1v) is 3.90. The van der Waals surface area contributed by atoms with Gasteiger partial charge in [0.15, 0.2) is 0 Å². The molecule has 5 heteroatoms. The molecule has 1 N–H and O–H groups in total. The van der Waals surface area contributed by atoms with E-state index in [1.54, 1.807) is 14.0 Å². The number of hydrogen-bond acceptors (Lipinski definition) is 4. The van der Waals surface area contributed by atoms with Crippen molar-refractivity contribution < 1.29 is 4.92 Å². The second-order valence-corrected chi connectivity index (χ2v) is 2.69. The van der Waals surface area contributed by atoms with Crippen LogP contribution in [-0.4, -0.2) is 17.0 Å². The van der Waals surface area contributed by atoms with Gasteiger partial charge < -0.3 is 5.32 Å². The zero-order valence-electron chi connectivity index (χ0n) is 7.57. The molecule has 0 saturated heterocycles. The predicted octanol–water partition coefficient (Wildman–Crippen LogP) is 1.02. The molecule has 1 heterocycles. The summed E-state index contributed by atoms with van der Waals surface area (Å²) in [5.74, 6) is 0. The Kier molecular flexibility index (Phi) is 2.92. The summed E-state index contributed by atoms with van der Waals surface area (Å²) in [5, 5.41) is 13.4. The number of nitrogens with one attached hydrogen (secondary N) is 1. The average molecular weight is 181 g/mol. The standard InChI is InChI=1S/C8H11N3O2/c1-6-7(5-9-2)10-4-3-8(6)11(12)13/h3-4,9H,5H2,1-2H3. The van der Waals surface area contributed by atoms with E-state index in [0.717, 1.165) is 5.69 Å². The van der Waals surface area contributed by atoms with Crippen molar-refractivity contribution in [2.75, 3.05) is 7.05 Å². The molecule has 1 aromatic rings. The minimum absolute atomic E-state index is 0.125. The molecule has 1 aromatic heterocycles. The maximum Gasteiger partial charge on any atom is 0.275 e. The molecule has 0 bridgehead atoms. The van der Waals surface area contributed by atoms with Crippen molar-refractivity contribution in [3.05, 3.63) is 33.6 Å². The highest BCUT2D eigenvalue weighted by Crippen LogP contribution is 2.18. The third kappa shape index (κ3) is 2.00.